The maximum atomic E-state index is 11.7. The Hall–Kier alpha value is -2.98. The fourth-order valence-corrected chi connectivity index (χ4v) is 5.07. The van der Waals surface area contributed by atoms with E-state index in [4.69, 9.17) is 14.7 Å². The van der Waals surface area contributed by atoms with Crippen molar-refractivity contribution in [3.8, 4) is 0 Å². The lowest BCUT2D eigenvalue weighted by molar-refractivity contribution is -0.126. The van der Waals surface area contributed by atoms with Crippen LogP contribution in [0.15, 0.2) is 47.6 Å². The number of allylic oxidation sites excluding steroid dienone is 1. The predicted octanol–water partition coefficient (Wildman–Crippen LogP) is 3.71. The van der Waals surface area contributed by atoms with E-state index in [-0.39, 0.29) is 24.7 Å². The van der Waals surface area contributed by atoms with Gasteiger partial charge < -0.3 is 15.4 Å². The molecule has 2 N–H and O–H groups in total. The standard InChI is InChI=1S/C25H31N7O2S/c1-3-12-35-25-28-23(27-20-14-19(20)16-8-6-5-7-9-16)22-24(29-25)32(31-30-22)17-10-11-18(13-17)34-15-21(33)26-4-2/h5-11,17-20H,3-4,12-15H2,1-2H3,(H,26,33)(H,27,28,29)/t17-,18+,19-,20?/m1/s1. The highest BCUT2D eigenvalue weighted by atomic mass is 32.2. The number of likely N-dealkylation sites (N-methyl/N-ethyl adjacent to an activating group) is 1. The van der Waals surface area contributed by atoms with Gasteiger partial charge >= 0.3 is 0 Å². The number of ether oxygens (including phenoxy) is 1. The van der Waals surface area contributed by atoms with E-state index in [2.05, 4.69) is 58.2 Å². The molecule has 0 radical (unpaired) electrons. The molecule has 4 atom stereocenters. The summed E-state index contributed by atoms with van der Waals surface area (Å²) < 4.78 is 7.62. The van der Waals surface area contributed by atoms with E-state index in [1.165, 1.54) is 5.56 Å². The van der Waals surface area contributed by atoms with Gasteiger partial charge in [-0.25, -0.2) is 14.6 Å². The van der Waals surface area contributed by atoms with E-state index in [1.807, 2.05) is 23.7 Å². The predicted molar refractivity (Wildman–Crippen MR) is 137 cm³/mol. The summed E-state index contributed by atoms with van der Waals surface area (Å²) in [4.78, 5) is 21.4. The summed E-state index contributed by atoms with van der Waals surface area (Å²) in [7, 11) is 0. The summed E-state index contributed by atoms with van der Waals surface area (Å²) in [6.07, 6.45) is 6.68. The van der Waals surface area contributed by atoms with Crippen molar-refractivity contribution in [1.82, 2.24) is 30.3 Å². The van der Waals surface area contributed by atoms with Crippen molar-refractivity contribution in [3.05, 3.63) is 48.0 Å². The Labute approximate surface area is 209 Å². The van der Waals surface area contributed by atoms with Crippen LogP contribution in [0, 0.1) is 0 Å². The van der Waals surface area contributed by atoms with Crippen LogP contribution in [-0.4, -0.2) is 61.9 Å². The zero-order valence-corrected chi connectivity index (χ0v) is 20.9. The topological polar surface area (TPSA) is 107 Å². The molecular weight excluding hydrogens is 462 g/mol. The Morgan fingerprint density at radius 3 is 2.83 bits per heavy atom. The summed E-state index contributed by atoms with van der Waals surface area (Å²) in [5.74, 6) is 2.06. The van der Waals surface area contributed by atoms with E-state index in [1.54, 1.807) is 11.8 Å². The Morgan fingerprint density at radius 2 is 2.03 bits per heavy atom. The van der Waals surface area contributed by atoms with Gasteiger partial charge in [-0.05, 0) is 25.3 Å². The van der Waals surface area contributed by atoms with Gasteiger partial charge in [0.05, 0.1) is 12.1 Å². The minimum absolute atomic E-state index is 0.0380. The number of rotatable bonds is 11. The molecule has 10 heteroatoms. The van der Waals surface area contributed by atoms with Crippen molar-refractivity contribution in [2.24, 2.45) is 0 Å². The summed E-state index contributed by atoms with van der Waals surface area (Å²) in [5.41, 5.74) is 2.75. The second-order valence-corrected chi connectivity index (χ2v) is 9.97. The van der Waals surface area contributed by atoms with Crippen molar-refractivity contribution in [3.63, 3.8) is 0 Å². The second-order valence-electron chi connectivity index (χ2n) is 8.90. The fraction of sp³-hybridized carbons (Fsp3) is 0.480. The van der Waals surface area contributed by atoms with Gasteiger partial charge in [0, 0.05) is 30.7 Å². The summed E-state index contributed by atoms with van der Waals surface area (Å²) in [6, 6.07) is 10.9. The van der Waals surface area contributed by atoms with Gasteiger partial charge in [-0.3, -0.25) is 4.79 Å². The number of benzene rings is 1. The van der Waals surface area contributed by atoms with Crippen molar-refractivity contribution in [2.75, 3.05) is 24.2 Å². The highest BCUT2D eigenvalue weighted by Gasteiger charge is 2.39. The number of thioether (sulfide) groups is 1. The maximum Gasteiger partial charge on any atom is 0.246 e. The minimum Gasteiger partial charge on any atom is -0.365 e. The number of carbonyl (C=O) groups excluding carboxylic acids is 1. The average molecular weight is 494 g/mol. The summed E-state index contributed by atoms with van der Waals surface area (Å²) >= 11 is 1.65. The Balaban J connectivity index is 1.34. The largest absolute Gasteiger partial charge is 0.365 e. The maximum absolute atomic E-state index is 11.7. The molecule has 0 saturated heterocycles. The first-order valence-electron chi connectivity index (χ1n) is 12.3. The highest BCUT2D eigenvalue weighted by molar-refractivity contribution is 7.99. The quantitative estimate of drug-likeness (QED) is 0.237. The molecule has 1 fully saturated rings. The van der Waals surface area contributed by atoms with Crippen molar-refractivity contribution >= 4 is 34.7 Å². The van der Waals surface area contributed by atoms with Crippen LogP contribution in [0.4, 0.5) is 5.82 Å². The lowest BCUT2D eigenvalue weighted by atomic mass is 10.1. The van der Waals surface area contributed by atoms with Crippen LogP contribution in [0.5, 0.6) is 0 Å². The number of amides is 1. The average Bonchev–Trinajstić information content (AvgIpc) is 3.26. The van der Waals surface area contributed by atoms with E-state index in [9.17, 15) is 4.79 Å². The molecular formula is C25H31N7O2S. The van der Waals surface area contributed by atoms with Crippen LogP contribution in [0.3, 0.4) is 0 Å². The zero-order chi connectivity index (χ0) is 24.2. The molecule has 184 valence electrons. The van der Waals surface area contributed by atoms with Gasteiger partial charge in [0.2, 0.25) is 5.91 Å². The third kappa shape index (κ3) is 5.48. The third-order valence-electron chi connectivity index (χ3n) is 6.22. The molecule has 0 spiro atoms. The van der Waals surface area contributed by atoms with E-state index in [0.717, 1.165) is 35.2 Å². The molecule has 9 nitrogen and oxygen atoms in total. The molecule has 0 bridgehead atoms. The van der Waals surface area contributed by atoms with Crippen LogP contribution in [0.2, 0.25) is 0 Å². The normalized spacial score (nSPS) is 23.0. The van der Waals surface area contributed by atoms with Crippen molar-refractivity contribution in [2.45, 2.75) is 62.4 Å². The molecule has 1 saturated carbocycles. The van der Waals surface area contributed by atoms with Gasteiger partial charge in [-0.1, -0.05) is 66.4 Å². The van der Waals surface area contributed by atoms with Gasteiger partial charge in [0.25, 0.3) is 0 Å². The number of aromatic nitrogens is 5. The molecule has 3 aromatic rings. The number of hydrogen-bond donors (Lipinski definition) is 2. The van der Waals surface area contributed by atoms with Crippen LogP contribution in [-0.2, 0) is 9.53 Å². The Morgan fingerprint density at radius 1 is 1.17 bits per heavy atom. The number of nitrogens with one attached hydrogen (secondary N) is 2. The van der Waals surface area contributed by atoms with Crippen LogP contribution in [0.1, 0.15) is 50.6 Å². The first kappa shape index (κ1) is 23.7. The molecule has 2 aliphatic carbocycles. The summed E-state index contributed by atoms with van der Waals surface area (Å²) in [5, 5.41) is 16.0. The number of anilines is 1. The number of fused-ring (bicyclic) bond motifs is 1. The van der Waals surface area contributed by atoms with Crippen molar-refractivity contribution < 1.29 is 9.53 Å². The van der Waals surface area contributed by atoms with Gasteiger partial charge in [0.1, 0.15) is 6.61 Å². The third-order valence-corrected chi connectivity index (χ3v) is 7.27. The first-order valence-corrected chi connectivity index (χ1v) is 13.3. The first-order chi connectivity index (χ1) is 17.2. The van der Waals surface area contributed by atoms with Crippen LogP contribution >= 0.6 is 11.8 Å². The van der Waals surface area contributed by atoms with Gasteiger partial charge in [-0.2, -0.15) is 0 Å². The summed E-state index contributed by atoms with van der Waals surface area (Å²) in [6.45, 7) is 4.68. The molecule has 1 unspecified atom stereocenters. The van der Waals surface area contributed by atoms with Gasteiger partial charge in [0.15, 0.2) is 22.1 Å². The van der Waals surface area contributed by atoms with E-state index in [0.29, 0.717) is 30.4 Å². The lowest BCUT2D eigenvalue weighted by Gasteiger charge is -2.14. The number of carbonyl (C=O) groups is 1. The van der Waals surface area contributed by atoms with Crippen LogP contribution < -0.4 is 10.6 Å². The Kier molecular flexibility index (Phi) is 7.29. The monoisotopic (exact) mass is 493 g/mol. The SMILES string of the molecule is CCCSc1nc(NC2C[C@@H]2c2ccccc2)c2nnn([C@@H]3C=C[C@H](OCC(=O)NCC)C3)c2n1. The van der Waals surface area contributed by atoms with E-state index < -0.39 is 0 Å². The molecule has 5 rings (SSSR count). The second kappa shape index (κ2) is 10.7. The van der Waals surface area contributed by atoms with Gasteiger partial charge in [-0.15, -0.1) is 5.10 Å². The molecule has 1 aromatic carbocycles. The van der Waals surface area contributed by atoms with Crippen molar-refractivity contribution in [1.29, 1.82) is 0 Å². The molecule has 2 heterocycles. The minimum atomic E-state index is -0.145. The molecule has 2 aromatic heterocycles. The smallest absolute Gasteiger partial charge is 0.246 e. The highest BCUT2D eigenvalue weighted by Crippen LogP contribution is 2.43. The molecule has 1 amide bonds. The zero-order valence-electron chi connectivity index (χ0n) is 20.1. The Bertz CT molecular complexity index is 1200. The molecule has 2 aliphatic rings. The molecule has 0 aliphatic heterocycles. The fourth-order valence-electron chi connectivity index (χ4n) is 4.37. The number of hydrogen-bond acceptors (Lipinski definition) is 8. The van der Waals surface area contributed by atoms with Crippen LogP contribution in [0.25, 0.3) is 11.2 Å². The molecule has 35 heavy (non-hydrogen) atoms. The lowest BCUT2D eigenvalue weighted by Crippen LogP contribution is -2.29. The van der Waals surface area contributed by atoms with E-state index >= 15 is 0 Å². The number of nitrogens with zero attached hydrogens (tertiary/aromatic N) is 5.